The molecule has 11 nitrogen and oxygen atoms in total. The first-order valence-corrected chi connectivity index (χ1v) is 18.0. The zero-order chi connectivity index (χ0) is 35.8. The maximum atomic E-state index is 14.4. The monoisotopic (exact) mass is 701 g/mol. The van der Waals surface area contributed by atoms with Crippen molar-refractivity contribution in [3.8, 4) is 22.6 Å². The number of pyridine rings is 2. The summed E-state index contributed by atoms with van der Waals surface area (Å²) in [6.07, 6.45) is 9.14. The lowest BCUT2D eigenvalue weighted by Crippen LogP contribution is -2.45. The number of carbonyl (C=O) groups is 1. The molecule has 12 heteroatoms. The van der Waals surface area contributed by atoms with Crippen LogP contribution in [0.2, 0.25) is 0 Å². The van der Waals surface area contributed by atoms with Crippen molar-refractivity contribution in [3.63, 3.8) is 0 Å². The van der Waals surface area contributed by atoms with Crippen molar-refractivity contribution < 1.29 is 13.9 Å². The molecular formula is C40H40FN7O4. The van der Waals surface area contributed by atoms with Crippen LogP contribution in [-0.2, 0) is 0 Å². The Bertz CT molecular complexity index is 2390. The maximum Gasteiger partial charge on any atom is 0.337 e. The maximum absolute atomic E-state index is 14.4. The average Bonchev–Trinajstić information content (AvgIpc) is 3.83. The standard InChI is InChI=1S/C40H40FN7O4/c1-26-21-34-37(42-23-26)47(32-6-4-5-28(22-32)27-7-14-33(15-8-27)52-20-19-45-17-2-3-18-45)40(51)48(39(34)50)31-12-10-30(11-13-31)43-38(49)35-25-46-24-29(41)9-16-36(46)44-35/h4-9,14-16,21-25,30-31H,2-3,10-13,17-20H2,1H3,(H,43,49). The van der Waals surface area contributed by atoms with Crippen molar-refractivity contribution in [3.05, 3.63) is 123 Å². The van der Waals surface area contributed by atoms with Gasteiger partial charge in [-0.3, -0.25) is 19.1 Å². The van der Waals surface area contributed by atoms with Gasteiger partial charge >= 0.3 is 5.69 Å². The first-order valence-electron chi connectivity index (χ1n) is 18.0. The van der Waals surface area contributed by atoms with Crippen LogP contribution in [0.15, 0.2) is 94.9 Å². The number of ether oxygens (including phenoxy) is 1. The van der Waals surface area contributed by atoms with Crippen molar-refractivity contribution in [1.29, 1.82) is 0 Å². The number of fused-ring (bicyclic) bond motifs is 2. The fourth-order valence-corrected chi connectivity index (χ4v) is 7.55. The van der Waals surface area contributed by atoms with E-state index in [0.717, 1.165) is 42.1 Å². The fourth-order valence-electron chi connectivity index (χ4n) is 7.55. The Labute approximate surface area is 299 Å². The Balaban J connectivity index is 1.03. The number of carbonyl (C=O) groups excluding carboxylic acids is 1. The van der Waals surface area contributed by atoms with Crippen LogP contribution in [0.1, 0.15) is 60.6 Å². The van der Waals surface area contributed by atoms with Gasteiger partial charge in [0.05, 0.1) is 11.1 Å². The minimum Gasteiger partial charge on any atom is -0.492 e. The molecule has 0 atom stereocenters. The van der Waals surface area contributed by atoms with Crippen LogP contribution in [0.5, 0.6) is 5.75 Å². The summed E-state index contributed by atoms with van der Waals surface area (Å²) < 4.78 is 24.0. The van der Waals surface area contributed by atoms with Crippen molar-refractivity contribution >= 4 is 22.6 Å². The van der Waals surface area contributed by atoms with E-state index in [-0.39, 0.29) is 29.2 Å². The number of hydrogen-bond acceptors (Lipinski definition) is 7. The number of imidazole rings is 1. The first-order chi connectivity index (χ1) is 25.3. The summed E-state index contributed by atoms with van der Waals surface area (Å²) in [5.74, 6) is 0.0453. The molecule has 0 bridgehead atoms. The second-order valence-electron chi connectivity index (χ2n) is 13.9. The van der Waals surface area contributed by atoms with Crippen LogP contribution >= 0.6 is 0 Å². The molecule has 1 saturated carbocycles. The molecule has 0 spiro atoms. The second kappa shape index (κ2) is 14.2. The number of halogens is 1. The van der Waals surface area contributed by atoms with Crippen molar-refractivity contribution in [1.82, 2.24) is 33.7 Å². The van der Waals surface area contributed by atoms with Crippen molar-refractivity contribution in [2.24, 2.45) is 0 Å². The third kappa shape index (κ3) is 6.73. The van der Waals surface area contributed by atoms with Gasteiger partial charge in [0.15, 0.2) is 5.65 Å². The summed E-state index contributed by atoms with van der Waals surface area (Å²) in [5, 5.41) is 3.41. The normalized spacial score (nSPS) is 17.9. The number of hydrogen-bond donors (Lipinski definition) is 1. The molecule has 0 unspecified atom stereocenters. The smallest absolute Gasteiger partial charge is 0.337 e. The highest BCUT2D eigenvalue weighted by Gasteiger charge is 2.28. The number of likely N-dealkylation sites (tertiary alicyclic amines) is 1. The van der Waals surface area contributed by atoms with Gasteiger partial charge in [-0.1, -0.05) is 24.3 Å². The van der Waals surface area contributed by atoms with Gasteiger partial charge in [-0.25, -0.2) is 23.7 Å². The zero-order valence-corrected chi connectivity index (χ0v) is 29.0. The van der Waals surface area contributed by atoms with Gasteiger partial charge in [-0.05, 0) is 118 Å². The molecule has 6 aromatic rings. The molecule has 1 amide bonds. The van der Waals surface area contributed by atoms with Crippen LogP contribution in [-0.4, -0.2) is 66.6 Å². The van der Waals surface area contributed by atoms with Gasteiger partial charge < -0.3 is 14.5 Å². The number of aryl methyl sites for hydroxylation is 1. The van der Waals surface area contributed by atoms with Crippen LogP contribution in [0.25, 0.3) is 33.5 Å². The molecule has 0 radical (unpaired) electrons. The van der Waals surface area contributed by atoms with E-state index in [2.05, 4.69) is 20.2 Å². The Hall–Kier alpha value is -5.62. The average molecular weight is 702 g/mol. The second-order valence-corrected chi connectivity index (χ2v) is 13.9. The molecule has 52 heavy (non-hydrogen) atoms. The van der Waals surface area contributed by atoms with Crippen LogP contribution in [0.4, 0.5) is 4.39 Å². The van der Waals surface area contributed by atoms with E-state index in [9.17, 15) is 18.8 Å². The lowest BCUT2D eigenvalue weighted by atomic mass is 9.90. The van der Waals surface area contributed by atoms with E-state index in [0.29, 0.717) is 54.7 Å². The van der Waals surface area contributed by atoms with Gasteiger partial charge in [0, 0.05) is 37.2 Å². The number of benzene rings is 2. The minimum absolute atomic E-state index is 0.161. The van der Waals surface area contributed by atoms with Gasteiger partial charge in [-0.15, -0.1) is 0 Å². The van der Waals surface area contributed by atoms with E-state index >= 15 is 0 Å². The Kier molecular flexibility index (Phi) is 9.14. The predicted octanol–water partition coefficient (Wildman–Crippen LogP) is 5.70. The van der Waals surface area contributed by atoms with Crippen molar-refractivity contribution in [2.45, 2.75) is 57.5 Å². The Morgan fingerprint density at radius 3 is 2.52 bits per heavy atom. The molecule has 2 aromatic carbocycles. The summed E-state index contributed by atoms with van der Waals surface area (Å²) >= 11 is 0. The van der Waals surface area contributed by atoms with E-state index < -0.39 is 11.5 Å². The van der Waals surface area contributed by atoms with Gasteiger partial charge in [0.2, 0.25) is 0 Å². The van der Waals surface area contributed by atoms with E-state index in [4.69, 9.17) is 4.74 Å². The number of nitrogens with zero attached hydrogens (tertiary/aromatic N) is 6. The summed E-state index contributed by atoms with van der Waals surface area (Å²) in [7, 11) is 0. The summed E-state index contributed by atoms with van der Waals surface area (Å²) in [5.41, 5.74) is 3.48. The highest BCUT2D eigenvalue weighted by molar-refractivity contribution is 5.93. The largest absolute Gasteiger partial charge is 0.492 e. The fraction of sp³-hybridized carbons (Fsp3) is 0.325. The molecule has 1 aliphatic heterocycles. The van der Waals surface area contributed by atoms with Crippen LogP contribution < -0.4 is 21.3 Å². The Morgan fingerprint density at radius 1 is 0.942 bits per heavy atom. The van der Waals surface area contributed by atoms with E-state index in [1.807, 2.05) is 55.5 Å². The van der Waals surface area contributed by atoms with Crippen molar-refractivity contribution in [2.75, 3.05) is 26.2 Å². The minimum atomic E-state index is -0.447. The van der Waals surface area contributed by atoms with E-state index in [1.165, 1.54) is 50.9 Å². The number of aromatic nitrogens is 5. The summed E-state index contributed by atoms with van der Waals surface area (Å²) in [4.78, 5) is 52.7. The molecule has 1 aliphatic carbocycles. The molecule has 1 saturated heterocycles. The quantitative estimate of drug-likeness (QED) is 0.206. The first kappa shape index (κ1) is 33.5. The van der Waals surface area contributed by atoms with Gasteiger partial charge in [0.1, 0.15) is 29.5 Å². The highest BCUT2D eigenvalue weighted by Crippen LogP contribution is 2.29. The third-order valence-electron chi connectivity index (χ3n) is 10.3. The molecule has 2 aliphatic rings. The Morgan fingerprint density at radius 2 is 1.73 bits per heavy atom. The zero-order valence-electron chi connectivity index (χ0n) is 29.0. The number of nitrogens with one attached hydrogen (secondary N) is 1. The lowest BCUT2D eigenvalue weighted by molar-refractivity contribution is 0.0917. The predicted molar refractivity (Wildman–Crippen MR) is 197 cm³/mol. The molecule has 8 rings (SSSR count). The topological polar surface area (TPSA) is 116 Å². The van der Waals surface area contributed by atoms with Gasteiger partial charge in [-0.2, -0.15) is 0 Å². The molecule has 2 fully saturated rings. The molecule has 1 N–H and O–H groups in total. The van der Waals surface area contributed by atoms with Crippen LogP contribution in [0.3, 0.4) is 0 Å². The lowest BCUT2D eigenvalue weighted by Gasteiger charge is -2.30. The third-order valence-corrected chi connectivity index (χ3v) is 10.3. The summed E-state index contributed by atoms with van der Waals surface area (Å²) in [6, 6.07) is 19.7. The number of amides is 1. The van der Waals surface area contributed by atoms with E-state index in [1.54, 1.807) is 12.3 Å². The SMILES string of the molecule is Cc1cnc2c(c1)c(=O)n(C1CCC(NC(=O)c3cn4cc(F)ccc4n3)CC1)c(=O)n2-c1cccc(-c2ccc(OCCN3CCCC3)cc2)c1. The molecule has 5 heterocycles. The highest BCUT2D eigenvalue weighted by atomic mass is 19.1. The van der Waals surface area contributed by atoms with Crippen LogP contribution in [0, 0.1) is 12.7 Å². The van der Waals surface area contributed by atoms with Gasteiger partial charge in [0.25, 0.3) is 11.5 Å². The molecule has 266 valence electrons. The molecular weight excluding hydrogens is 661 g/mol. The number of rotatable bonds is 9. The molecule has 4 aromatic heterocycles. The summed E-state index contributed by atoms with van der Waals surface area (Å²) in [6.45, 7) is 5.73.